The lowest BCUT2D eigenvalue weighted by Crippen LogP contribution is -1.99. The van der Waals surface area contributed by atoms with Crippen molar-refractivity contribution in [3.05, 3.63) is 64.7 Å². The number of benzene rings is 2. The van der Waals surface area contributed by atoms with Gasteiger partial charge in [-0.05, 0) is 42.8 Å². The van der Waals surface area contributed by atoms with E-state index in [2.05, 4.69) is 0 Å². The third-order valence-electron chi connectivity index (χ3n) is 3.27. The molecule has 2 aromatic carbocycles. The summed E-state index contributed by atoms with van der Waals surface area (Å²) in [7, 11) is 1.59. The van der Waals surface area contributed by atoms with Crippen LogP contribution in [-0.4, -0.2) is 7.11 Å². The zero-order valence-electron chi connectivity index (χ0n) is 13.0. The number of allylic oxidation sites excluding steroid dienone is 1. The molecule has 0 atom stereocenters. The van der Waals surface area contributed by atoms with Crippen LogP contribution in [0.25, 0.3) is 6.08 Å². The minimum Gasteiger partial charge on any atom is -0.496 e. The fourth-order valence-corrected chi connectivity index (χ4v) is 2.05. The number of nitriles is 2. The molecule has 4 nitrogen and oxygen atoms in total. The molecule has 0 fully saturated rings. The van der Waals surface area contributed by atoms with Crippen molar-refractivity contribution >= 4 is 6.08 Å². The van der Waals surface area contributed by atoms with E-state index < -0.39 is 0 Å². The van der Waals surface area contributed by atoms with Gasteiger partial charge in [-0.15, -0.1) is 0 Å². The second kappa shape index (κ2) is 7.68. The highest BCUT2D eigenvalue weighted by Gasteiger charge is 2.06. The van der Waals surface area contributed by atoms with E-state index in [0.717, 1.165) is 16.9 Å². The smallest absolute Gasteiger partial charge is 0.130 e. The Labute approximate surface area is 135 Å². The Morgan fingerprint density at radius 3 is 2.39 bits per heavy atom. The molecule has 0 saturated heterocycles. The molecule has 0 bridgehead atoms. The first kappa shape index (κ1) is 16.1. The summed E-state index contributed by atoms with van der Waals surface area (Å²) >= 11 is 0. The molecule has 0 amide bonds. The maximum atomic E-state index is 8.84. The summed E-state index contributed by atoms with van der Waals surface area (Å²) in [5.41, 5.74) is 2.83. The van der Waals surface area contributed by atoms with Crippen molar-refractivity contribution in [2.75, 3.05) is 7.11 Å². The standard InChI is InChI=1S/C19H16N2O2/c1-14-3-6-18(7-4-14)23-13-17-10-15(5-8-19(17)22-2)9-16(11-20)12-21/h3-10H,13H2,1-2H3. The lowest BCUT2D eigenvalue weighted by Gasteiger charge is -2.11. The number of nitrogens with zero attached hydrogens (tertiary/aromatic N) is 2. The second-order valence-corrected chi connectivity index (χ2v) is 4.95. The van der Waals surface area contributed by atoms with Crippen molar-refractivity contribution < 1.29 is 9.47 Å². The fraction of sp³-hybridized carbons (Fsp3) is 0.158. The Morgan fingerprint density at radius 2 is 1.78 bits per heavy atom. The molecule has 0 saturated carbocycles. The van der Waals surface area contributed by atoms with Crippen molar-refractivity contribution in [1.82, 2.24) is 0 Å². The lowest BCUT2D eigenvalue weighted by atomic mass is 10.1. The summed E-state index contributed by atoms with van der Waals surface area (Å²) < 4.78 is 11.1. The van der Waals surface area contributed by atoms with Crippen LogP contribution in [0.1, 0.15) is 16.7 Å². The predicted molar refractivity (Wildman–Crippen MR) is 87.7 cm³/mol. The van der Waals surface area contributed by atoms with Gasteiger partial charge >= 0.3 is 0 Å². The average molecular weight is 304 g/mol. The molecule has 23 heavy (non-hydrogen) atoms. The molecule has 0 radical (unpaired) electrons. The van der Waals surface area contributed by atoms with Gasteiger partial charge in [-0.1, -0.05) is 23.8 Å². The highest BCUT2D eigenvalue weighted by Crippen LogP contribution is 2.23. The molecule has 2 rings (SSSR count). The molecule has 0 N–H and O–H groups in total. The minimum atomic E-state index is 0.0561. The molecule has 2 aromatic rings. The zero-order chi connectivity index (χ0) is 16.7. The first-order chi connectivity index (χ1) is 11.2. The molecule has 0 unspecified atom stereocenters. The highest BCUT2D eigenvalue weighted by molar-refractivity contribution is 5.63. The van der Waals surface area contributed by atoms with E-state index in [0.29, 0.717) is 12.4 Å². The predicted octanol–water partition coefficient (Wildman–Crippen LogP) is 4.01. The van der Waals surface area contributed by atoms with E-state index in [1.165, 1.54) is 11.6 Å². The molecule has 0 heterocycles. The monoisotopic (exact) mass is 304 g/mol. The second-order valence-electron chi connectivity index (χ2n) is 4.95. The summed E-state index contributed by atoms with van der Waals surface area (Å²) in [5, 5.41) is 17.7. The van der Waals surface area contributed by atoms with Crippen molar-refractivity contribution in [2.24, 2.45) is 0 Å². The van der Waals surface area contributed by atoms with E-state index in [-0.39, 0.29) is 5.57 Å². The summed E-state index contributed by atoms with van der Waals surface area (Å²) in [6.07, 6.45) is 1.54. The van der Waals surface area contributed by atoms with Crippen LogP contribution in [0.2, 0.25) is 0 Å². The highest BCUT2D eigenvalue weighted by atomic mass is 16.5. The molecular weight excluding hydrogens is 288 g/mol. The first-order valence-electron chi connectivity index (χ1n) is 7.04. The minimum absolute atomic E-state index is 0.0561. The molecular formula is C19H16N2O2. The summed E-state index contributed by atoms with van der Waals surface area (Å²) in [6, 6.07) is 16.9. The van der Waals surface area contributed by atoms with Crippen LogP contribution in [0.5, 0.6) is 11.5 Å². The van der Waals surface area contributed by atoms with E-state index >= 15 is 0 Å². The van der Waals surface area contributed by atoms with E-state index in [1.807, 2.05) is 49.4 Å². The van der Waals surface area contributed by atoms with Gasteiger partial charge in [-0.2, -0.15) is 10.5 Å². The molecule has 4 heteroatoms. The Morgan fingerprint density at radius 1 is 1.09 bits per heavy atom. The van der Waals surface area contributed by atoms with E-state index in [1.54, 1.807) is 19.2 Å². The van der Waals surface area contributed by atoms with E-state index in [9.17, 15) is 0 Å². The van der Waals surface area contributed by atoms with Gasteiger partial charge in [0.15, 0.2) is 0 Å². The van der Waals surface area contributed by atoms with Crippen LogP contribution in [0.15, 0.2) is 48.0 Å². The SMILES string of the molecule is COc1ccc(C=C(C#N)C#N)cc1COc1ccc(C)cc1. The zero-order valence-corrected chi connectivity index (χ0v) is 13.0. The largest absolute Gasteiger partial charge is 0.496 e. The van der Waals surface area contributed by atoms with Gasteiger partial charge in [-0.3, -0.25) is 0 Å². The van der Waals surface area contributed by atoms with Gasteiger partial charge < -0.3 is 9.47 Å². The molecule has 114 valence electrons. The van der Waals surface area contributed by atoms with Crippen LogP contribution in [0.3, 0.4) is 0 Å². The molecule has 0 aliphatic rings. The number of aryl methyl sites for hydroxylation is 1. The third-order valence-corrected chi connectivity index (χ3v) is 3.27. The van der Waals surface area contributed by atoms with E-state index in [4.69, 9.17) is 20.0 Å². The summed E-state index contributed by atoms with van der Waals surface area (Å²) in [4.78, 5) is 0. The first-order valence-corrected chi connectivity index (χ1v) is 7.04. The fourth-order valence-electron chi connectivity index (χ4n) is 2.05. The molecule has 0 aliphatic heterocycles. The quantitative estimate of drug-likeness (QED) is 0.783. The van der Waals surface area contributed by atoms with Gasteiger partial charge in [-0.25, -0.2) is 0 Å². The molecule has 0 aliphatic carbocycles. The summed E-state index contributed by atoms with van der Waals surface area (Å²) in [5.74, 6) is 1.47. The average Bonchev–Trinajstić information content (AvgIpc) is 2.59. The number of hydrogen-bond donors (Lipinski definition) is 0. The van der Waals surface area contributed by atoms with Crippen molar-refractivity contribution in [3.8, 4) is 23.6 Å². The Balaban J connectivity index is 2.22. The van der Waals surface area contributed by atoms with Gasteiger partial charge in [0.2, 0.25) is 0 Å². The maximum absolute atomic E-state index is 8.84. The van der Waals surface area contributed by atoms with Gasteiger partial charge in [0.1, 0.15) is 35.8 Å². The van der Waals surface area contributed by atoms with Crippen LogP contribution < -0.4 is 9.47 Å². The normalized spacial score (nSPS) is 9.39. The number of rotatable bonds is 5. The molecule has 0 spiro atoms. The Bertz CT molecular complexity index is 778. The van der Waals surface area contributed by atoms with Crippen molar-refractivity contribution in [2.45, 2.75) is 13.5 Å². The number of methoxy groups -OCH3 is 1. The van der Waals surface area contributed by atoms with Gasteiger partial charge in [0, 0.05) is 5.56 Å². The summed E-state index contributed by atoms with van der Waals surface area (Å²) in [6.45, 7) is 2.35. The maximum Gasteiger partial charge on any atom is 0.130 e. The van der Waals surface area contributed by atoms with Gasteiger partial charge in [0.25, 0.3) is 0 Å². The van der Waals surface area contributed by atoms with Crippen molar-refractivity contribution in [3.63, 3.8) is 0 Å². The number of hydrogen-bond acceptors (Lipinski definition) is 4. The Kier molecular flexibility index (Phi) is 5.39. The van der Waals surface area contributed by atoms with Gasteiger partial charge in [0.05, 0.1) is 7.11 Å². The van der Waals surface area contributed by atoms with Crippen LogP contribution in [-0.2, 0) is 6.61 Å². The number of ether oxygens (including phenoxy) is 2. The van der Waals surface area contributed by atoms with Crippen molar-refractivity contribution in [1.29, 1.82) is 10.5 Å². The lowest BCUT2D eigenvalue weighted by molar-refractivity contribution is 0.296. The third kappa shape index (κ3) is 4.36. The van der Waals surface area contributed by atoms with Crippen LogP contribution >= 0.6 is 0 Å². The topological polar surface area (TPSA) is 66.0 Å². The van der Waals surface area contributed by atoms with Crippen LogP contribution in [0, 0.1) is 29.6 Å². The van der Waals surface area contributed by atoms with Crippen LogP contribution in [0.4, 0.5) is 0 Å². The Hall–Kier alpha value is -3.24. The molecule has 0 aromatic heterocycles.